The molecule has 0 aromatic heterocycles. The molecule has 0 N–H and O–H groups in total. The van der Waals surface area contributed by atoms with E-state index >= 15 is 0 Å². The van der Waals surface area contributed by atoms with Gasteiger partial charge in [-0.1, -0.05) is 43.6 Å². The van der Waals surface area contributed by atoms with Crippen molar-refractivity contribution in [3.05, 3.63) is 24.3 Å². The molecule has 0 aromatic rings. The zero-order valence-electron chi connectivity index (χ0n) is 13.7. The second-order valence-corrected chi connectivity index (χ2v) is 7.11. The van der Waals surface area contributed by atoms with Crippen molar-refractivity contribution in [2.24, 2.45) is 23.7 Å². The molecule has 0 radical (unpaired) electrons. The Morgan fingerprint density at radius 1 is 0.550 bits per heavy atom. The quantitative estimate of drug-likeness (QED) is 0.513. The molecule has 0 amide bonds. The molecule has 2 fully saturated rings. The first-order valence-corrected chi connectivity index (χ1v) is 9.09. The average molecular weight is 274 g/mol. The molecule has 114 valence electrons. The number of rotatable bonds is 3. The Kier molecular flexibility index (Phi) is 6.90. The van der Waals surface area contributed by atoms with Gasteiger partial charge in [-0.05, 0) is 82.5 Å². The second kappa shape index (κ2) is 8.70. The van der Waals surface area contributed by atoms with Gasteiger partial charge in [-0.2, -0.15) is 0 Å². The Morgan fingerprint density at radius 3 is 1.55 bits per heavy atom. The predicted octanol–water partition coefficient (Wildman–Crippen LogP) is 6.53. The molecule has 0 spiro atoms. The van der Waals surface area contributed by atoms with E-state index in [4.69, 9.17) is 0 Å². The molecule has 0 nitrogen and oxygen atoms in total. The number of hydrogen-bond donors (Lipinski definition) is 0. The molecule has 0 bridgehead atoms. The van der Waals surface area contributed by atoms with Gasteiger partial charge in [-0.25, -0.2) is 0 Å². The van der Waals surface area contributed by atoms with Crippen molar-refractivity contribution in [3.63, 3.8) is 0 Å². The summed E-state index contributed by atoms with van der Waals surface area (Å²) in [5.74, 6) is 3.85. The minimum Gasteiger partial charge on any atom is -0.0914 e. The summed E-state index contributed by atoms with van der Waals surface area (Å²) in [5, 5.41) is 0. The maximum absolute atomic E-state index is 2.46. The van der Waals surface area contributed by atoms with Gasteiger partial charge in [0, 0.05) is 0 Å². The van der Waals surface area contributed by atoms with Gasteiger partial charge in [-0.15, -0.1) is 0 Å². The van der Waals surface area contributed by atoms with Crippen LogP contribution in [0.3, 0.4) is 0 Å². The monoisotopic (exact) mass is 274 g/mol. The topological polar surface area (TPSA) is 0 Å². The van der Waals surface area contributed by atoms with Crippen LogP contribution >= 0.6 is 0 Å². The van der Waals surface area contributed by atoms with Crippen LogP contribution in [0.5, 0.6) is 0 Å². The van der Waals surface area contributed by atoms with Crippen molar-refractivity contribution < 1.29 is 0 Å². The molecule has 2 aliphatic carbocycles. The zero-order valence-corrected chi connectivity index (χ0v) is 13.7. The predicted molar refractivity (Wildman–Crippen MR) is 89.8 cm³/mol. The first-order valence-electron chi connectivity index (χ1n) is 9.09. The van der Waals surface area contributed by atoms with Crippen LogP contribution in [0.2, 0.25) is 0 Å². The Labute approximate surface area is 126 Å². The van der Waals surface area contributed by atoms with Crippen molar-refractivity contribution in [2.45, 2.75) is 78.1 Å². The van der Waals surface area contributed by atoms with Crippen LogP contribution in [-0.4, -0.2) is 0 Å². The third kappa shape index (κ3) is 4.79. The second-order valence-electron chi connectivity index (χ2n) is 7.11. The molecule has 0 heteroatoms. The number of allylic oxidation sites excluding steroid dienone is 4. The van der Waals surface area contributed by atoms with Crippen molar-refractivity contribution in [3.8, 4) is 0 Å². The van der Waals surface area contributed by atoms with Gasteiger partial charge in [0.05, 0.1) is 0 Å². The molecule has 2 saturated carbocycles. The Bertz CT molecular complexity index is 304. The Hall–Kier alpha value is -0.520. The van der Waals surface area contributed by atoms with Crippen LogP contribution in [0, 0.1) is 23.7 Å². The highest BCUT2D eigenvalue weighted by molar-refractivity contribution is 4.91. The fraction of sp³-hybridized carbons (Fsp3) is 0.800. The normalized spacial score (nSPS) is 37.1. The van der Waals surface area contributed by atoms with E-state index in [0.717, 1.165) is 23.7 Å². The third-order valence-corrected chi connectivity index (χ3v) is 5.72. The van der Waals surface area contributed by atoms with Crippen LogP contribution in [0.1, 0.15) is 78.1 Å². The summed E-state index contributed by atoms with van der Waals surface area (Å²) >= 11 is 0. The van der Waals surface area contributed by atoms with Gasteiger partial charge >= 0.3 is 0 Å². The van der Waals surface area contributed by atoms with Gasteiger partial charge in [-0.3, -0.25) is 0 Å². The lowest BCUT2D eigenvalue weighted by atomic mass is 9.71. The molecule has 0 heterocycles. The summed E-state index contributed by atoms with van der Waals surface area (Å²) in [6, 6.07) is 0. The highest BCUT2D eigenvalue weighted by Gasteiger charge is 2.27. The van der Waals surface area contributed by atoms with Crippen LogP contribution in [0.25, 0.3) is 0 Å². The summed E-state index contributed by atoms with van der Waals surface area (Å²) in [7, 11) is 0. The molecule has 20 heavy (non-hydrogen) atoms. The van der Waals surface area contributed by atoms with E-state index in [1.807, 2.05) is 0 Å². The number of hydrogen-bond acceptors (Lipinski definition) is 0. The Balaban J connectivity index is 1.82. The van der Waals surface area contributed by atoms with Gasteiger partial charge in [0.1, 0.15) is 0 Å². The first-order chi connectivity index (χ1) is 9.83. The van der Waals surface area contributed by atoms with E-state index in [9.17, 15) is 0 Å². The van der Waals surface area contributed by atoms with E-state index in [-0.39, 0.29) is 0 Å². The third-order valence-electron chi connectivity index (χ3n) is 5.72. The van der Waals surface area contributed by atoms with E-state index < -0.39 is 0 Å². The highest BCUT2D eigenvalue weighted by Crippen LogP contribution is 2.40. The van der Waals surface area contributed by atoms with Gasteiger partial charge in [0.2, 0.25) is 0 Å². The van der Waals surface area contributed by atoms with Crippen molar-refractivity contribution >= 4 is 0 Å². The molecular formula is C20H34. The minimum atomic E-state index is 0.877. The maximum Gasteiger partial charge on any atom is -0.0233 e. The van der Waals surface area contributed by atoms with Crippen molar-refractivity contribution in [1.82, 2.24) is 0 Å². The standard InChI is InChI=1S/C20H34/c1-3-7-17-9-5-6-10-19(14-11-17)20-15-12-18(8-4-2)13-16-20/h3-4,7-8,17-20H,5-6,9-16H2,1-2H3/b7-3+,8-4+. The van der Waals surface area contributed by atoms with Gasteiger partial charge in [0.15, 0.2) is 0 Å². The highest BCUT2D eigenvalue weighted by atomic mass is 14.3. The lowest BCUT2D eigenvalue weighted by molar-refractivity contribution is 0.183. The SMILES string of the molecule is C/C=C/C1CCCCC(C2CCC(/C=C/C)CC2)CC1. The molecule has 2 atom stereocenters. The molecule has 2 unspecified atom stereocenters. The molecule has 0 aliphatic heterocycles. The molecule has 2 rings (SSSR count). The Morgan fingerprint density at radius 2 is 1.00 bits per heavy atom. The van der Waals surface area contributed by atoms with E-state index in [2.05, 4.69) is 38.2 Å². The minimum absolute atomic E-state index is 0.877. The lowest BCUT2D eigenvalue weighted by Gasteiger charge is -2.35. The smallest absolute Gasteiger partial charge is 0.0233 e. The molecular weight excluding hydrogens is 240 g/mol. The summed E-state index contributed by atoms with van der Waals surface area (Å²) in [6.45, 7) is 4.35. The molecule has 0 saturated heterocycles. The fourth-order valence-electron chi connectivity index (χ4n) is 4.55. The van der Waals surface area contributed by atoms with Crippen molar-refractivity contribution in [1.29, 1.82) is 0 Å². The zero-order chi connectivity index (χ0) is 14.2. The summed E-state index contributed by atoms with van der Waals surface area (Å²) in [6.07, 6.45) is 24.1. The summed E-state index contributed by atoms with van der Waals surface area (Å²) in [4.78, 5) is 0. The van der Waals surface area contributed by atoms with Crippen molar-refractivity contribution in [2.75, 3.05) is 0 Å². The van der Waals surface area contributed by atoms with Gasteiger partial charge < -0.3 is 0 Å². The van der Waals surface area contributed by atoms with Crippen LogP contribution < -0.4 is 0 Å². The van der Waals surface area contributed by atoms with E-state index in [1.165, 1.54) is 64.2 Å². The van der Waals surface area contributed by atoms with Crippen LogP contribution in [0.15, 0.2) is 24.3 Å². The van der Waals surface area contributed by atoms with E-state index in [0.29, 0.717) is 0 Å². The summed E-state index contributed by atoms with van der Waals surface area (Å²) < 4.78 is 0. The average Bonchev–Trinajstić information content (AvgIpc) is 2.44. The molecule has 0 aromatic carbocycles. The summed E-state index contributed by atoms with van der Waals surface area (Å²) in [5.41, 5.74) is 0. The van der Waals surface area contributed by atoms with Gasteiger partial charge in [0.25, 0.3) is 0 Å². The molecule has 2 aliphatic rings. The maximum atomic E-state index is 2.46. The largest absolute Gasteiger partial charge is 0.0914 e. The van der Waals surface area contributed by atoms with Crippen LogP contribution in [-0.2, 0) is 0 Å². The lowest BCUT2D eigenvalue weighted by Crippen LogP contribution is -2.23. The fourth-order valence-corrected chi connectivity index (χ4v) is 4.55. The van der Waals surface area contributed by atoms with Crippen LogP contribution in [0.4, 0.5) is 0 Å². The first kappa shape index (κ1) is 15.9. The van der Waals surface area contributed by atoms with E-state index in [1.54, 1.807) is 0 Å².